The molecule has 1 unspecified atom stereocenters. The lowest BCUT2D eigenvalue weighted by atomic mass is 9.96. The van der Waals surface area contributed by atoms with Crippen LogP contribution in [0.2, 0.25) is 0 Å². The second kappa shape index (κ2) is 8.59. The van der Waals surface area contributed by atoms with E-state index in [4.69, 9.17) is 10.5 Å². The lowest BCUT2D eigenvalue weighted by Crippen LogP contribution is -2.36. The number of carbonyl (C=O) groups excluding carboxylic acids is 1. The van der Waals surface area contributed by atoms with E-state index >= 15 is 0 Å². The van der Waals surface area contributed by atoms with Gasteiger partial charge in [-0.1, -0.05) is 32.0 Å². The van der Waals surface area contributed by atoms with Crippen LogP contribution in [0.15, 0.2) is 24.3 Å². The summed E-state index contributed by atoms with van der Waals surface area (Å²) in [5.41, 5.74) is 6.77. The van der Waals surface area contributed by atoms with Crippen LogP contribution in [0.5, 0.6) is 5.75 Å². The van der Waals surface area contributed by atoms with Gasteiger partial charge in [0, 0.05) is 13.1 Å². The van der Waals surface area contributed by atoms with Crippen molar-refractivity contribution in [3.63, 3.8) is 0 Å². The molecule has 1 atom stereocenters. The molecule has 0 aromatic heterocycles. The number of nitrogens with two attached hydrogens (primary N) is 1. The van der Waals surface area contributed by atoms with E-state index in [9.17, 15) is 4.79 Å². The monoisotopic (exact) mass is 278 g/mol. The third-order valence-corrected chi connectivity index (χ3v) is 3.30. The van der Waals surface area contributed by atoms with Crippen LogP contribution in [-0.2, 0) is 11.2 Å². The summed E-state index contributed by atoms with van der Waals surface area (Å²) >= 11 is 0. The summed E-state index contributed by atoms with van der Waals surface area (Å²) < 4.78 is 5.29. The van der Waals surface area contributed by atoms with Crippen molar-refractivity contribution in [1.82, 2.24) is 5.32 Å². The molecule has 112 valence electrons. The molecule has 0 saturated carbocycles. The van der Waals surface area contributed by atoms with E-state index in [1.165, 1.54) is 0 Å². The van der Waals surface area contributed by atoms with Crippen LogP contribution in [0.25, 0.3) is 0 Å². The zero-order valence-electron chi connectivity index (χ0n) is 12.7. The first-order valence-electron chi connectivity index (χ1n) is 7.18. The Bertz CT molecular complexity index is 419. The summed E-state index contributed by atoms with van der Waals surface area (Å²) in [7, 11) is 1.66. The number of carbonyl (C=O) groups is 1. The number of hydrogen-bond donors (Lipinski definition) is 2. The number of nitrogens with one attached hydrogen (secondary N) is 1. The Kier molecular flexibility index (Phi) is 7.09. The highest BCUT2D eigenvalue weighted by Gasteiger charge is 2.17. The standard InChI is InChI=1S/C16H26N2O2/c1-12(2)10-14(11-17)16(19)18-9-8-13-6-4-5-7-15(13)20-3/h4-7,12,14H,8-11,17H2,1-3H3,(H,18,19). The normalized spacial score (nSPS) is 12.2. The lowest BCUT2D eigenvalue weighted by molar-refractivity contribution is -0.125. The van der Waals surface area contributed by atoms with E-state index in [2.05, 4.69) is 19.2 Å². The van der Waals surface area contributed by atoms with E-state index in [0.717, 1.165) is 24.2 Å². The van der Waals surface area contributed by atoms with Gasteiger partial charge in [0.25, 0.3) is 0 Å². The van der Waals surface area contributed by atoms with E-state index in [0.29, 0.717) is 19.0 Å². The molecule has 0 aliphatic heterocycles. The molecule has 0 fully saturated rings. The summed E-state index contributed by atoms with van der Waals surface area (Å²) in [4.78, 5) is 12.0. The van der Waals surface area contributed by atoms with Crippen molar-refractivity contribution in [2.45, 2.75) is 26.7 Å². The molecule has 0 saturated heterocycles. The van der Waals surface area contributed by atoms with Crippen molar-refractivity contribution < 1.29 is 9.53 Å². The average Bonchev–Trinajstić information content (AvgIpc) is 2.44. The highest BCUT2D eigenvalue weighted by atomic mass is 16.5. The van der Waals surface area contributed by atoms with Crippen molar-refractivity contribution in [3.8, 4) is 5.75 Å². The third kappa shape index (κ3) is 5.21. The Balaban J connectivity index is 2.45. The van der Waals surface area contributed by atoms with Gasteiger partial charge in [-0.25, -0.2) is 0 Å². The maximum absolute atomic E-state index is 12.0. The first-order valence-corrected chi connectivity index (χ1v) is 7.18. The average molecular weight is 278 g/mol. The van der Waals surface area contributed by atoms with Gasteiger partial charge in [-0.2, -0.15) is 0 Å². The Morgan fingerprint density at radius 2 is 2.05 bits per heavy atom. The predicted molar refractivity (Wildman–Crippen MR) is 81.7 cm³/mol. The van der Waals surface area contributed by atoms with E-state index in [1.54, 1.807) is 7.11 Å². The number of rotatable bonds is 8. The molecular weight excluding hydrogens is 252 g/mol. The molecule has 0 radical (unpaired) electrons. The van der Waals surface area contributed by atoms with Crippen LogP contribution >= 0.6 is 0 Å². The van der Waals surface area contributed by atoms with Gasteiger partial charge in [0.1, 0.15) is 5.75 Å². The first-order chi connectivity index (χ1) is 9.58. The molecule has 1 rings (SSSR count). The summed E-state index contributed by atoms with van der Waals surface area (Å²) in [6, 6.07) is 7.85. The summed E-state index contributed by atoms with van der Waals surface area (Å²) in [5.74, 6) is 1.30. The zero-order valence-corrected chi connectivity index (χ0v) is 12.7. The van der Waals surface area contributed by atoms with Crippen molar-refractivity contribution in [3.05, 3.63) is 29.8 Å². The fourth-order valence-electron chi connectivity index (χ4n) is 2.25. The SMILES string of the molecule is COc1ccccc1CCNC(=O)C(CN)CC(C)C. The van der Waals surface area contributed by atoms with Crippen molar-refractivity contribution >= 4 is 5.91 Å². The van der Waals surface area contributed by atoms with Gasteiger partial charge in [0.2, 0.25) is 5.91 Å². The Labute approximate surface area is 121 Å². The Morgan fingerprint density at radius 3 is 2.65 bits per heavy atom. The molecule has 0 aliphatic rings. The van der Waals surface area contributed by atoms with Gasteiger partial charge < -0.3 is 15.8 Å². The van der Waals surface area contributed by atoms with Gasteiger partial charge in [-0.05, 0) is 30.4 Å². The largest absolute Gasteiger partial charge is 0.496 e. The van der Waals surface area contributed by atoms with Crippen molar-refractivity contribution in [2.24, 2.45) is 17.6 Å². The van der Waals surface area contributed by atoms with Crippen LogP contribution in [0.1, 0.15) is 25.8 Å². The minimum Gasteiger partial charge on any atom is -0.496 e. The van der Waals surface area contributed by atoms with Crippen molar-refractivity contribution in [2.75, 3.05) is 20.2 Å². The molecule has 1 aromatic carbocycles. The lowest BCUT2D eigenvalue weighted by Gasteiger charge is -2.17. The fourth-order valence-corrected chi connectivity index (χ4v) is 2.25. The second-order valence-corrected chi connectivity index (χ2v) is 5.42. The minimum absolute atomic E-state index is 0.0519. The Hall–Kier alpha value is -1.55. The van der Waals surface area contributed by atoms with Gasteiger partial charge in [-0.15, -0.1) is 0 Å². The summed E-state index contributed by atoms with van der Waals surface area (Å²) in [5, 5.41) is 2.96. The number of ether oxygens (including phenoxy) is 1. The number of amides is 1. The number of methoxy groups -OCH3 is 1. The number of benzene rings is 1. The van der Waals surface area contributed by atoms with Crippen LogP contribution in [-0.4, -0.2) is 26.1 Å². The van der Waals surface area contributed by atoms with Gasteiger partial charge in [0.15, 0.2) is 0 Å². The van der Waals surface area contributed by atoms with Gasteiger partial charge in [-0.3, -0.25) is 4.79 Å². The molecule has 0 spiro atoms. The molecule has 4 nitrogen and oxygen atoms in total. The highest BCUT2D eigenvalue weighted by molar-refractivity contribution is 5.78. The molecule has 0 aliphatic carbocycles. The fraction of sp³-hybridized carbons (Fsp3) is 0.562. The van der Waals surface area contributed by atoms with Gasteiger partial charge >= 0.3 is 0 Å². The zero-order chi connectivity index (χ0) is 15.0. The van der Waals surface area contributed by atoms with Crippen LogP contribution in [0.3, 0.4) is 0 Å². The summed E-state index contributed by atoms with van der Waals surface area (Å²) in [6.07, 6.45) is 1.59. The smallest absolute Gasteiger partial charge is 0.224 e. The summed E-state index contributed by atoms with van der Waals surface area (Å²) in [6.45, 7) is 5.21. The predicted octanol–water partition coefficient (Wildman–Crippen LogP) is 1.97. The highest BCUT2D eigenvalue weighted by Crippen LogP contribution is 2.17. The van der Waals surface area contributed by atoms with E-state index in [1.807, 2.05) is 24.3 Å². The topological polar surface area (TPSA) is 64.3 Å². The quantitative estimate of drug-likeness (QED) is 0.764. The number of hydrogen-bond acceptors (Lipinski definition) is 3. The Morgan fingerprint density at radius 1 is 1.35 bits per heavy atom. The molecule has 4 heteroatoms. The maximum Gasteiger partial charge on any atom is 0.224 e. The van der Waals surface area contributed by atoms with Gasteiger partial charge in [0.05, 0.1) is 13.0 Å². The molecule has 1 amide bonds. The van der Waals surface area contributed by atoms with E-state index < -0.39 is 0 Å². The molecule has 1 aromatic rings. The number of para-hydroxylation sites is 1. The first kappa shape index (κ1) is 16.5. The van der Waals surface area contributed by atoms with Crippen LogP contribution in [0.4, 0.5) is 0 Å². The molecule has 3 N–H and O–H groups in total. The maximum atomic E-state index is 12.0. The van der Waals surface area contributed by atoms with E-state index in [-0.39, 0.29) is 11.8 Å². The molecular formula is C16H26N2O2. The van der Waals surface area contributed by atoms with Crippen LogP contribution in [0, 0.1) is 11.8 Å². The third-order valence-electron chi connectivity index (χ3n) is 3.30. The second-order valence-electron chi connectivity index (χ2n) is 5.42. The minimum atomic E-state index is -0.0901. The molecule has 0 heterocycles. The van der Waals surface area contributed by atoms with Crippen LogP contribution < -0.4 is 15.8 Å². The molecule has 0 bridgehead atoms. The molecule has 20 heavy (non-hydrogen) atoms. The van der Waals surface area contributed by atoms with Crippen molar-refractivity contribution in [1.29, 1.82) is 0 Å².